The molecule has 0 fully saturated rings. The number of hydrogen-bond acceptors (Lipinski definition) is 4. The van der Waals surface area contributed by atoms with Gasteiger partial charge in [0.15, 0.2) is 0 Å². The number of nitrogens with one attached hydrogen (secondary N) is 3. The highest BCUT2D eigenvalue weighted by Crippen LogP contribution is 2.12. The second-order valence-corrected chi connectivity index (χ2v) is 4.83. The minimum Gasteiger partial charge on any atom is -0.385 e. The first-order valence-electron chi connectivity index (χ1n) is 6.77. The number of carbonyl (C=O) groups excluding carboxylic acids is 2. The van der Waals surface area contributed by atoms with Gasteiger partial charge in [-0.15, -0.1) is 0 Å². The first-order chi connectivity index (χ1) is 9.54. The quantitative estimate of drug-likeness (QED) is 0.695. The summed E-state index contributed by atoms with van der Waals surface area (Å²) < 4.78 is 0. The number of aromatic nitrogens is 1. The van der Waals surface area contributed by atoms with E-state index in [-0.39, 0.29) is 18.4 Å². The molecule has 1 aromatic rings. The maximum atomic E-state index is 12.0. The molecule has 1 rings (SSSR count). The van der Waals surface area contributed by atoms with E-state index in [1.54, 1.807) is 12.3 Å². The topological polar surface area (TPSA) is 83.1 Å². The van der Waals surface area contributed by atoms with Crippen LogP contribution in [0.25, 0.3) is 0 Å². The zero-order chi connectivity index (χ0) is 15.0. The van der Waals surface area contributed by atoms with E-state index >= 15 is 0 Å². The molecule has 3 N–H and O–H groups in total. The molecule has 0 bridgehead atoms. The lowest BCUT2D eigenvalue weighted by atomic mass is 10.2. The molecule has 0 saturated heterocycles. The molecule has 0 aliphatic rings. The zero-order valence-corrected chi connectivity index (χ0v) is 12.2. The number of hydrogen-bond donors (Lipinski definition) is 3. The number of nitrogens with zero attached hydrogens (tertiary/aromatic N) is 1. The third kappa shape index (κ3) is 5.26. The monoisotopic (exact) mass is 278 g/mol. The summed E-state index contributed by atoms with van der Waals surface area (Å²) in [6.45, 7) is 7.24. The molecule has 0 atom stereocenters. The van der Waals surface area contributed by atoms with Gasteiger partial charge in [0.05, 0.1) is 17.8 Å². The summed E-state index contributed by atoms with van der Waals surface area (Å²) in [5, 5.41) is 8.42. The van der Waals surface area contributed by atoms with Crippen LogP contribution in [-0.2, 0) is 4.79 Å². The fourth-order valence-corrected chi connectivity index (χ4v) is 1.56. The van der Waals surface area contributed by atoms with E-state index in [0.717, 1.165) is 0 Å². The Morgan fingerprint density at radius 1 is 1.30 bits per heavy atom. The number of anilines is 1. The molecule has 1 aromatic heterocycles. The molecule has 1 heterocycles. The Kier molecular flexibility index (Phi) is 6.49. The Balaban J connectivity index is 2.52. The van der Waals surface area contributed by atoms with Crippen molar-refractivity contribution in [2.24, 2.45) is 5.92 Å². The maximum Gasteiger partial charge on any atom is 0.255 e. The zero-order valence-electron chi connectivity index (χ0n) is 12.2. The fourth-order valence-electron chi connectivity index (χ4n) is 1.56. The minimum absolute atomic E-state index is 0.0357. The van der Waals surface area contributed by atoms with Gasteiger partial charge < -0.3 is 16.0 Å². The van der Waals surface area contributed by atoms with Gasteiger partial charge in [-0.1, -0.05) is 13.8 Å². The standard InChI is InChI=1S/C14H22N4O2/c1-4-16-12-5-6-15-8-11(12)14(20)18-9-13(19)17-7-10(2)3/h5-6,8,10H,4,7,9H2,1-3H3,(H,15,16)(H,17,19)(H,18,20). The molecule has 0 aliphatic heterocycles. The normalized spacial score (nSPS) is 10.2. The molecule has 0 aromatic carbocycles. The third-order valence-electron chi connectivity index (χ3n) is 2.55. The van der Waals surface area contributed by atoms with Crippen LogP contribution in [0.2, 0.25) is 0 Å². The predicted octanol–water partition coefficient (Wildman–Crippen LogP) is 1.02. The van der Waals surface area contributed by atoms with Gasteiger partial charge in [0.25, 0.3) is 5.91 Å². The van der Waals surface area contributed by atoms with Crippen LogP contribution in [-0.4, -0.2) is 36.4 Å². The first kappa shape index (κ1) is 15.9. The Bertz CT molecular complexity index is 460. The molecule has 2 amide bonds. The maximum absolute atomic E-state index is 12.0. The predicted molar refractivity (Wildman–Crippen MR) is 78.6 cm³/mol. The Labute approximate surface area is 119 Å². The molecule has 110 valence electrons. The van der Waals surface area contributed by atoms with Gasteiger partial charge >= 0.3 is 0 Å². The highest BCUT2D eigenvalue weighted by molar-refractivity contribution is 6.00. The highest BCUT2D eigenvalue weighted by atomic mass is 16.2. The molecular weight excluding hydrogens is 256 g/mol. The van der Waals surface area contributed by atoms with Crippen molar-refractivity contribution in [3.05, 3.63) is 24.0 Å². The molecule has 0 aliphatic carbocycles. The summed E-state index contributed by atoms with van der Waals surface area (Å²) in [5.41, 5.74) is 1.15. The summed E-state index contributed by atoms with van der Waals surface area (Å²) in [6.07, 6.45) is 3.10. The Hall–Kier alpha value is -2.11. The van der Waals surface area contributed by atoms with Crippen LogP contribution in [0.1, 0.15) is 31.1 Å². The summed E-state index contributed by atoms with van der Waals surface area (Å²) in [7, 11) is 0. The lowest BCUT2D eigenvalue weighted by molar-refractivity contribution is -0.120. The fraction of sp³-hybridized carbons (Fsp3) is 0.500. The summed E-state index contributed by atoms with van der Waals surface area (Å²) in [5.74, 6) is -0.122. The second-order valence-electron chi connectivity index (χ2n) is 4.83. The SMILES string of the molecule is CCNc1ccncc1C(=O)NCC(=O)NCC(C)C. The van der Waals surface area contributed by atoms with E-state index < -0.39 is 0 Å². The van der Waals surface area contributed by atoms with Crippen LogP contribution in [0.5, 0.6) is 0 Å². The van der Waals surface area contributed by atoms with E-state index in [0.29, 0.717) is 30.3 Å². The molecule has 6 nitrogen and oxygen atoms in total. The van der Waals surface area contributed by atoms with Crippen molar-refractivity contribution in [2.75, 3.05) is 25.0 Å². The number of amides is 2. The van der Waals surface area contributed by atoms with Crippen LogP contribution >= 0.6 is 0 Å². The molecular formula is C14H22N4O2. The summed E-state index contributed by atoms with van der Waals surface area (Å²) in [4.78, 5) is 27.5. The molecule has 6 heteroatoms. The molecule has 0 spiro atoms. The van der Waals surface area contributed by atoms with E-state index in [4.69, 9.17) is 0 Å². The van der Waals surface area contributed by atoms with E-state index in [1.165, 1.54) is 6.20 Å². The van der Waals surface area contributed by atoms with E-state index in [2.05, 4.69) is 20.9 Å². The summed E-state index contributed by atoms with van der Waals surface area (Å²) in [6, 6.07) is 1.73. The van der Waals surface area contributed by atoms with Crippen molar-refractivity contribution in [1.82, 2.24) is 15.6 Å². The molecule has 0 radical (unpaired) electrons. The minimum atomic E-state index is -0.311. The van der Waals surface area contributed by atoms with Crippen molar-refractivity contribution < 1.29 is 9.59 Å². The number of pyridine rings is 1. The van der Waals surface area contributed by atoms with Gasteiger partial charge in [-0.2, -0.15) is 0 Å². The molecule has 0 unspecified atom stereocenters. The van der Waals surface area contributed by atoms with Gasteiger partial charge in [-0.05, 0) is 18.9 Å². The molecule has 20 heavy (non-hydrogen) atoms. The first-order valence-corrected chi connectivity index (χ1v) is 6.77. The van der Waals surface area contributed by atoms with Gasteiger partial charge in [-0.25, -0.2) is 0 Å². The Morgan fingerprint density at radius 3 is 2.70 bits per heavy atom. The molecule has 0 saturated carbocycles. The van der Waals surface area contributed by atoms with Crippen LogP contribution in [0, 0.1) is 5.92 Å². The van der Waals surface area contributed by atoms with Crippen molar-refractivity contribution in [1.29, 1.82) is 0 Å². The van der Waals surface area contributed by atoms with Gasteiger partial charge in [0, 0.05) is 25.5 Å². The van der Waals surface area contributed by atoms with Gasteiger partial charge in [-0.3, -0.25) is 14.6 Å². The van der Waals surface area contributed by atoms with E-state index in [1.807, 2.05) is 20.8 Å². The van der Waals surface area contributed by atoms with Crippen LogP contribution < -0.4 is 16.0 Å². The number of carbonyl (C=O) groups is 2. The van der Waals surface area contributed by atoms with Crippen molar-refractivity contribution in [3.8, 4) is 0 Å². The average molecular weight is 278 g/mol. The summed E-state index contributed by atoms with van der Waals surface area (Å²) >= 11 is 0. The Morgan fingerprint density at radius 2 is 2.05 bits per heavy atom. The largest absolute Gasteiger partial charge is 0.385 e. The van der Waals surface area contributed by atoms with Crippen molar-refractivity contribution in [2.45, 2.75) is 20.8 Å². The van der Waals surface area contributed by atoms with Gasteiger partial charge in [0.2, 0.25) is 5.91 Å². The van der Waals surface area contributed by atoms with Crippen molar-refractivity contribution >= 4 is 17.5 Å². The van der Waals surface area contributed by atoms with E-state index in [9.17, 15) is 9.59 Å². The smallest absolute Gasteiger partial charge is 0.255 e. The number of rotatable bonds is 7. The van der Waals surface area contributed by atoms with Crippen LogP contribution in [0.15, 0.2) is 18.5 Å². The second kappa shape index (κ2) is 8.14. The third-order valence-corrected chi connectivity index (χ3v) is 2.55. The lowest BCUT2D eigenvalue weighted by Gasteiger charge is -2.11. The van der Waals surface area contributed by atoms with Crippen LogP contribution in [0.3, 0.4) is 0 Å². The lowest BCUT2D eigenvalue weighted by Crippen LogP contribution is -2.38. The van der Waals surface area contributed by atoms with Crippen LogP contribution in [0.4, 0.5) is 5.69 Å². The van der Waals surface area contributed by atoms with Crippen molar-refractivity contribution in [3.63, 3.8) is 0 Å². The van der Waals surface area contributed by atoms with Gasteiger partial charge in [0.1, 0.15) is 0 Å². The highest BCUT2D eigenvalue weighted by Gasteiger charge is 2.12. The average Bonchev–Trinajstić information content (AvgIpc) is 2.43.